The Hall–Kier alpha value is -4.70. The first kappa shape index (κ1) is 40.5. The monoisotopic (exact) mass is 775 g/mol. The fraction of sp³-hybridized carbons (Fsp3) is 0.410. The molecule has 0 unspecified atom stereocenters. The number of urea groups is 1. The van der Waals surface area contributed by atoms with Crippen molar-refractivity contribution in [3.05, 3.63) is 101 Å². The van der Waals surface area contributed by atoms with Gasteiger partial charge in [-0.15, -0.1) is 11.3 Å². The highest BCUT2D eigenvalue weighted by Gasteiger charge is 2.44. The first-order chi connectivity index (χ1) is 25.7. The molecule has 0 saturated carbocycles. The highest BCUT2D eigenvalue weighted by atomic mass is 32.2. The van der Waals surface area contributed by atoms with Gasteiger partial charge in [0.25, 0.3) is 0 Å². The third-order valence-corrected chi connectivity index (χ3v) is 11.9. The van der Waals surface area contributed by atoms with Crippen molar-refractivity contribution in [2.24, 2.45) is 16.5 Å². The summed E-state index contributed by atoms with van der Waals surface area (Å²) in [6.45, 7) is 10.3. The molecule has 0 spiro atoms. The zero-order valence-electron chi connectivity index (χ0n) is 31.2. The summed E-state index contributed by atoms with van der Waals surface area (Å²) in [5.41, 5.74) is 2.31. The molecule has 3 amide bonds. The smallest absolute Gasteiger partial charge is 0.321 e. The van der Waals surface area contributed by atoms with E-state index in [0.717, 1.165) is 21.8 Å². The molecule has 3 atom stereocenters. The number of aliphatic hydroxyl groups excluding tert-OH is 1. The zero-order chi connectivity index (χ0) is 39.0. The normalized spacial score (nSPS) is 15.7. The number of carbonyl (C=O) groups is 2. The molecule has 1 aliphatic heterocycles. The number of pyridine rings is 1. The van der Waals surface area contributed by atoms with Gasteiger partial charge in [0.1, 0.15) is 11.0 Å². The fourth-order valence-electron chi connectivity index (χ4n) is 6.56. The molecule has 2 aromatic heterocycles. The zero-order valence-corrected chi connectivity index (χ0v) is 32.9. The van der Waals surface area contributed by atoms with Crippen LogP contribution in [0.15, 0.2) is 94.6 Å². The van der Waals surface area contributed by atoms with Gasteiger partial charge in [-0.25, -0.2) is 18.2 Å². The minimum Gasteiger partial charge on any atom is -0.411 e. The molecule has 3 N–H and O–H groups in total. The lowest BCUT2D eigenvalue weighted by Gasteiger charge is -2.38. The van der Waals surface area contributed by atoms with Crippen molar-refractivity contribution in [2.75, 3.05) is 26.2 Å². The lowest BCUT2D eigenvalue weighted by molar-refractivity contribution is -0.130. The number of sulfonamides is 1. The van der Waals surface area contributed by atoms with Crippen molar-refractivity contribution < 1.29 is 28.3 Å². The second-order valence-corrected chi connectivity index (χ2v) is 17.7. The molecule has 0 bridgehead atoms. The number of nitrogens with one attached hydrogen (secondary N) is 1. The van der Waals surface area contributed by atoms with Gasteiger partial charge in [0, 0.05) is 49.5 Å². The van der Waals surface area contributed by atoms with E-state index in [1.54, 1.807) is 22.2 Å². The number of aromatic nitrogens is 2. The van der Waals surface area contributed by atoms with E-state index in [-0.39, 0.29) is 42.9 Å². The van der Waals surface area contributed by atoms with Crippen molar-refractivity contribution in [3.63, 3.8) is 0 Å². The molecule has 1 aliphatic rings. The lowest BCUT2D eigenvalue weighted by Crippen LogP contribution is -2.59. The van der Waals surface area contributed by atoms with E-state index in [4.69, 9.17) is 10.2 Å². The van der Waals surface area contributed by atoms with Crippen molar-refractivity contribution in [1.29, 1.82) is 0 Å². The highest BCUT2D eigenvalue weighted by Crippen LogP contribution is 2.30. The number of rotatable bonds is 16. The van der Waals surface area contributed by atoms with Crippen LogP contribution in [0.2, 0.25) is 0 Å². The van der Waals surface area contributed by atoms with E-state index in [1.165, 1.54) is 46.1 Å². The largest absolute Gasteiger partial charge is 0.411 e. The molecule has 15 heteroatoms. The van der Waals surface area contributed by atoms with Crippen LogP contribution >= 0.6 is 11.3 Å². The van der Waals surface area contributed by atoms with Crippen LogP contribution in [0.3, 0.4) is 0 Å². The Labute approximate surface area is 321 Å². The first-order valence-corrected chi connectivity index (χ1v) is 20.2. The second kappa shape index (κ2) is 17.6. The SMILES string of the molecule is CC(C)CN(C[C@H](O)[C@H](Cc1ccccc1)NC(=O)[C@@H](N1CCN(Cc2csc(-c3cccnc3)n2)C1=O)C(C)(C)C)S(=O)(=O)c1ccc(C=NO)cc1. The molecule has 54 heavy (non-hydrogen) atoms. The Morgan fingerprint density at radius 1 is 1.06 bits per heavy atom. The number of carbonyl (C=O) groups excluding carboxylic acids is 2. The molecular weight excluding hydrogens is 727 g/mol. The quantitative estimate of drug-likeness (QED) is 0.0803. The van der Waals surface area contributed by atoms with E-state index in [9.17, 15) is 23.1 Å². The van der Waals surface area contributed by atoms with Gasteiger partial charge in [0.2, 0.25) is 15.9 Å². The van der Waals surface area contributed by atoms with E-state index in [1.807, 2.05) is 82.5 Å². The first-order valence-electron chi connectivity index (χ1n) is 17.9. The van der Waals surface area contributed by atoms with Crippen LogP contribution in [-0.2, 0) is 27.8 Å². The Balaban J connectivity index is 1.36. The summed E-state index contributed by atoms with van der Waals surface area (Å²) < 4.78 is 29.1. The van der Waals surface area contributed by atoms with Gasteiger partial charge < -0.3 is 25.4 Å². The van der Waals surface area contributed by atoms with Gasteiger partial charge in [-0.3, -0.25) is 9.78 Å². The minimum absolute atomic E-state index is 0.0185. The van der Waals surface area contributed by atoms with Gasteiger partial charge in [-0.1, -0.05) is 82.2 Å². The van der Waals surface area contributed by atoms with Crippen LogP contribution in [0.1, 0.15) is 51.4 Å². The number of thiazole rings is 1. The maximum absolute atomic E-state index is 14.4. The van der Waals surface area contributed by atoms with Gasteiger partial charge in [-0.05, 0) is 53.1 Å². The predicted octanol–water partition coefficient (Wildman–Crippen LogP) is 5.10. The third kappa shape index (κ3) is 10.1. The number of hydrogen-bond acceptors (Lipinski definition) is 10. The summed E-state index contributed by atoms with van der Waals surface area (Å²) in [5.74, 6) is -0.514. The van der Waals surface area contributed by atoms with Crippen molar-refractivity contribution in [2.45, 2.75) is 70.7 Å². The van der Waals surface area contributed by atoms with Crippen LogP contribution in [0, 0.1) is 11.3 Å². The van der Waals surface area contributed by atoms with Crippen LogP contribution in [0.25, 0.3) is 10.6 Å². The topological polar surface area (TPSA) is 169 Å². The standard InChI is InChI=1S/C39H49N7O6S2/c1-27(2)23-45(54(51,52)32-15-13-29(14-16-32)21-41-50)25-34(47)33(20-28-10-7-6-8-11-28)43-36(48)35(39(3,4)5)46-19-18-44(38(46)49)24-31-26-53-37(42-31)30-12-9-17-40-22-30/h6-17,21-22,26-27,33-35,47,50H,18-20,23-25H2,1-5H3,(H,43,48)/t33-,34-,35+/m0/s1. The molecule has 4 aromatic rings. The summed E-state index contributed by atoms with van der Waals surface area (Å²) in [4.78, 5) is 40.5. The van der Waals surface area contributed by atoms with Crippen molar-refractivity contribution in [3.8, 4) is 10.6 Å². The summed E-state index contributed by atoms with van der Waals surface area (Å²) in [6.07, 6.45) is 3.55. The molecule has 3 heterocycles. The number of benzene rings is 2. The number of hydrogen-bond donors (Lipinski definition) is 3. The molecule has 2 aromatic carbocycles. The molecule has 288 valence electrons. The number of oxime groups is 1. The van der Waals surface area contributed by atoms with Crippen molar-refractivity contribution >= 4 is 39.5 Å². The van der Waals surface area contributed by atoms with Gasteiger partial charge >= 0.3 is 6.03 Å². The Morgan fingerprint density at radius 2 is 1.78 bits per heavy atom. The van der Waals surface area contributed by atoms with Crippen LogP contribution < -0.4 is 5.32 Å². The third-order valence-electron chi connectivity index (χ3n) is 9.10. The Morgan fingerprint density at radius 3 is 2.41 bits per heavy atom. The second-order valence-electron chi connectivity index (χ2n) is 15.0. The molecule has 5 rings (SSSR count). The van der Waals surface area contributed by atoms with Crippen LogP contribution in [0.4, 0.5) is 4.79 Å². The number of aliphatic hydroxyl groups is 1. The fourth-order valence-corrected chi connectivity index (χ4v) is 8.98. The van der Waals surface area contributed by atoms with Gasteiger partial charge in [0.05, 0.1) is 35.5 Å². The summed E-state index contributed by atoms with van der Waals surface area (Å²) >= 11 is 1.48. The van der Waals surface area contributed by atoms with Crippen LogP contribution in [0.5, 0.6) is 0 Å². The van der Waals surface area contributed by atoms with E-state index < -0.39 is 39.5 Å². The minimum atomic E-state index is -4.08. The highest BCUT2D eigenvalue weighted by molar-refractivity contribution is 7.89. The van der Waals surface area contributed by atoms with Gasteiger partial charge in [0.15, 0.2) is 0 Å². The average molecular weight is 776 g/mol. The summed E-state index contributed by atoms with van der Waals surface area (Å²) in [5, 5.41) is 29.5. The molecule has 1 fully saturated rings. The lowest BCUT2D eigenvalue weighted by atomic mass is 9.84. The summed E-state index contributed by atoms with van der Waals surface area (Å²) in [7, 11) is -4.08. The molecule has 13 nitrogen and oxygen atoms in total. The predicted molar refractivity (Wildman–Crippen MR) is 209 cm³/mol. The summed E-state index contributed by atoms with van der Waals surface area (Å²) in [6, 6.07) is 17.0. The molecule has 1 saturated heterocycles. The number of nitrogens with zero attached hydrogens (tertiary/aromatic N) is 6. The maximum atomic E-state index is 14.4. The van der Waals surface area contributed by atoms with Crippen molar-refractivity contribution in [1.82, 2.24) is 29.4 Å². The average Bonchev–Trinajstić information content (AvgIpc) is 3.74. The molecule has 0 aliphatic carbocycles. The van der Waals surface area contributed by atoms with E-state index >= 15 is 0 Å². The molecular formula is C39H49N7O6S2. The molecule has 0 radical (unpaired) electrons. The number of amides is 3. The van der Waals surface area contributed by atoms with E-state index in [2.05, 4.69) is 15.5 Å². The van der Waals surface area contributed by atoms with E-state index in [0.29, 0.717) is 18.7 Å². The van der Waals surface area contributed by atoms with Gasteiger partial charge in [-0.2, -0.15) is 4.31 Å². The Bertz CT molecular complexity index is 1980. The maximum Gasteiger partial charge on any atom is 0.321 e. The van der Waals surface area contributed by atoms with Crippen LogP contribution in [-0.4, -0.2) is 105 Å². The Kier molecular flexibility index (Phi) is 13.2.